The smallest absolute Gasteiger partial charge is 0.416 e. The topological polar surface area (TPSA) is 64.4 Å². The molecule has 0 saturated heterocycles. The van der Waals surface area contributed by atoms with E-state index in [4.69, 9.17) is 0 Å². The highest BCUT2D eigenvalue weighted by Gasteiger charge is 2.31. The van der Waals surface area contributed by atoms with E-state index in [1.807, 2.05) is 0 Å². The summed E-state index contributed by atoms with van der Waals surface area (Å²) in [5.74, 6) is -1.02. The number of benzene rings is 1. The summed E-state index contributed by atoms with van der Waals surface area (Å²) >= 11 is 0. The summed E-state index contributed by atoms with van der Waals surface area (Å²) in [5.41, 5.74) is -0.0532. The van der Waals surface area contributed by atoms with Crippen LogP contribution < -0.4 is 0 Å². The van der Waals surface area contributed by atoms with Crippen molar-refractivity contribution in [3.63, 3.8) is 0 Å². The number of hydrogen-bond donors (Lipinski definition) is 0. The summed E-state index contributed by atoms with van der Waals surface area (Å²) in [6, 6.07) is 4.39. The van der Waals surface area contributed by atoms with E-state index >= 15 is 0 Å². The monoisotopic (exact) mass is 383 g/mol. The quantitative estimate of drug-likeness (QED) is 0.744. The van der Waals surface area contributed by atoms with Gasteiger partial charge in [0, 0.05) is 6.04 Å². The lowest BCUT2D eigenvalue weighted by Gasteiger charge is -2.25. The summed E-state index contributed by atoms with van der Waals surface area (Å²) in [5, 5.41) is 4.06. The zero-order valence-electron chi connectivity index (χ0n) is 15.4. The van der Waals surface area contributed by atoms with Crippen LogP contribution in [-0.2, 0) is 15.7 Å². The van der Waals surface area contributed by atoms with Crippen molar-refractivity contribution in [3.8, 4) is 5.69 Å². The fourth-order valence-electron chi connectivity index (χ4n) is 2.54. The average Bonchev–Trinajstić information content (AvgIpc) is 2.99. The Morgan fingerprint density at radius 3 is 2.52 bits per heavy atom. The molecular weight excluding hydrogens is 363 g/mol. The van der Waals surface area contributed by atoms with Gasteiger partial charge in [0.25, 0.3) is 5.91 Å². The number of nitrogens with zero attached hydrogens (tertiary/aromatic N) is 3. The number of carbonyl (C=O) groups excluding carboxylic acids is 2. The predicted octanol–water partition coefficient (Wildman–Crippen LogP) is 3.22. The molecule has 0 N–H and O–H groups in total. The van der Waals surface area contributed by atoms with Gasteiger partial charge < -0.3 is 9.64 Å². The van der Waals surface area contributed by atoms with Gasteiger partial charge in [-0.15, -0.1) is 0 Å². The Hall–Kier alpha value is -2.84. The van der Waals surface area contributed by atoms with Crippen LogP contribution in [-0.4, -0.2) is 46.3 Å². The number of methoxy groups -OCH3 is 1. The second-order valence-corrected chi connectivity index (χ2v) is 6.21. The molecule has 1 amide bonds. The van der Waals surface area contributed by atoms with Gasteiger partial charge in [0.05, 0.1) is 35.8 Å². The van der Waals surface area contributed by atoms with Gasteiger partial charge in [-0.1, -0.05) is 6.07 Å². The molecule has 1 aromatic carbocycles. The minimum absolute atomic E-state index is 0.186. The lowest BCUT2D eigenvalue weighted by Crippen LogP contribution is -2.41. The summed E-state index contributed by atoms with van der Waals surface area (Å²) in [6.45, 7) is 4.83. The molecule has 27 heavy (non-hydrogen) atoms. The third kappa shape index (κ3) is 4.47. The second-order valence-electron chi connectivity index (χ2n) is 6.21. The Bertz CT molecular complexity index is 844. The van der Waals surface area contributed by atoms with Crippen LogP contribution in [0.3, 0.4) is 0 Å². The minimum Gasteiger partial charge on any atom is -0.468 e. The fraction of sp³-hybridized carbons (Fsp3) is 0.389. The number of esters is 1. The molecule has 0 saturated carbocycles. The third-order valence-corrected chi connectivity index (χ3v) is 4.07. The molecule has 0 bridgehead atoms. The second kappa shape index (κ2) is 7.81. The molecule has 0 aliphatic heterocycles. The van der Waals surface area contributed by atoms with E-state index in [2.05, 4.69) is 9.84 Å². The standard InChI is InChI=1S/C18H20F3N3O3/c1-11(2)23(10-16(25)27-4)17(26)15-9-22-24(12(15)3)14-7-5-6-13(8-14)18(19,20)21/h5-9,11H,10H2,1-4H3. The molecule has 0 aliphatic carbocycles. The first kappa shape index (κ1) is 20.5. The first-order valence-corrected chi connectivity index (χ1v) is 8.16. The van der Waals surface area contributed by atoms with Crippen molar-refractivity contribution in [2.24, 2.45) is 0 Å². The summed E-state index contributed by atoms with van der Waals surface area (Å²) < 4.78 is 44.7. The lowest BCUT2D eigenvalue weighted by molar-refractivity contribution is -0.141. The minimum atomic E-state index is -4.48. The van der Waals surface area contributed by atoms with E-state index in [1.165, 1.54) is 35.0 Å². The third-order valence-electron chi connectivity index (χ3n) is 4.07. The van der Waals surface area contributed by atoms with Crippen molar-refractivity contribution in [2.75, 3.05) is 13.7 Å². The predicted molar refractivity (Wildman–Crippen MR) is 91.5 cm³/mol. The molecule has 0 fully saturated rings. The molecule has 0 spiro atoms. The Labute approximate surface area is 154 Å². The van der Waals surface area contributed by atoms with E-state index in [1.54, 1.807) is 20.8 Å². The van der Waals surface area contributed by atoms with Gasteiger partial charge in [-0.05, 0) is 39.0 Å². The number of hydrogen-bond acceptors (Lipinski definition) is 4. The van der Waals surface area contributed by atoms with Crippen LogP contribution in [0.4, 0.5) is 13.2 Å². The van der Waals surface area contributed by atoms with E-state index < -0.39 is 23.6 Å². The molecule has 9 heteroatoms. The number of aromatic nitrogens is 2. The van der Waals surface area contributed by atoms with E-state index in [-0.39, 0.29) is 23.8 Å². The Morgan fingerprint density at radius 1 is 1.30 bits per heavy atom. The highest BCUT2D eigenvalue weighted by Crippen LogP contribution is 2.30. The molecule has 146 valence electrons. The van der Waals surface area contributed by atoms with Gasteiger partial charge in [-0.2, -0.15) is 18.3 Å². The van der Waals surface area contributed by atoms with Gasteiger partial charge in [0.15, 0.2) is 0 Å². The van der Waals surface area contributed by atoms with Crippen molar-refractivity contribution < 1.29 is 27.5 Å². The van der Waals surface area contributed by atoms with Crippen LogP contribution in [0.15, 0.2) is 30.5 Å². The number of rotatable bonds is 5. The molecule has 1 aromatic heterocycles. The maximum Gasteiger partial charge on any atom is 0.416 e. The largest absolute Gasteiger partial charge is 0.468 e. The highest BCUT2D eigenvalue weighted by atomic mass is 19.4. The first-order valence-electron chi connectivity index (χ1n) is 8.16. The Kier molecular flexibility index (Phi) is 5.92. The number of ether oxygens (including phenoxy) is 1. The number of halogens is 3. The normalized spacial score (nSPS) is 11.6. The maximum absolute atomic E-state index is 12.9. The molecular formula is C18H20F3N3O3. The molecule has 1 heterocycles. The zero-order valence-corrected chi connectivity index (χ0v) is 15.4. The van der Waals surface area contributed by atoms with Crippen LogP contribution in [0.2, 0.25) is 0 Å². The van der Waals surface area contributed by atoms with Gasteiger partial charge in [0.2, 0.25) is 0 Å². The molecule has 6 nitrogen and oxygen atoms in total. The lowest BCUT2D eigenvalue weighted by atomic mass is 10.1. The van der Waals surface area contributed by atoms with E-state index in [0.29, 0.717) is 5.69 Å². The fourth-order valence-corrected chi connectivity index (χ4v) is 2.54. The molecule has 0 radical (unpaired) electrons. The first-order chi connectivity index (χ1) is 12.6. The zero-order chi connectivity index (χ0) is 20.4. The van der Waals surface area contributed by atoms with Crippen LogP contribution in [0, 0.1) is 6.92 Å². The number of carbonyl (C=O) groups is 2. The molecule has 2 rings (SSSR count). The van der Waals surface area contributed by atoms with Crippen LogP contribution >= 0.6 is 0 Å². The summed E-state index contributed by atoms with van der Waals surface area (Å²) in [4.78, 5) is 25.7. The van der Waals surface area contributed by atoms with Gasteiger partial charge >= 0.3 is 12.1 Å². The molecule has 2 aromatic rings. The Balaban J connectivity index is 2.39. The van der Waals surface area contributed by atoms with Gasteiger partial charge in [0.1, 0.15) is 6.54 Å². The van der Waals surface area contributed by atoms with Crippen molar-refractivity contribution in [2.45, 2.75) is 33.0 Å². The van der Waals surface area contributed by atoms with E-state index in [0.717, 1.165) is 12.1 Å². The SMILES string of the molecule is COC(=O)CN(C(=O)c1cnn(-c2cccc(C(F)(F)F)c2)c1C)C(C)C. The molecule has 0 unspecified atom stereocenters. The summed E-state index contributed by atoms with van der Waals surface area (Å²) in [6.07, 6.45) is -3.20. The van der Waals surface area contributed by atoms with Crippen LogP contribution in [0.5, 0.6) is 0 Å². The van der Waals surface area contributed by atoms with Gasteiger partial charge in [-0.25, -0.2) is 4.68 Å². The van der Waals surface area contributed by atoms with Crippen molar-refractivity contribution >= 4 is 11.9 Å². The molecule has 0 aliphatic rings. The maximum atomic E-state index is 12.9. The van der Waals surface area contributed by atoms with E-state index in [9.17, 15) is 22.8 Å². The molecule has 0 atom stereocenters. The number of alkyl halides is 3. The Morgan fingerprint density at radius 2 is 1.96 bits per heavy atom. The van der Waals surface area contributed by atoms with Gasteiger partial charge in [-0.3, -0.25) is 9.59 Å². The van der Waals surface area contributed by atoms with Crippen molar-refractivity contribution in [1.82, 2.24) is 14.7 Å². The number of amides is 1. The van der Waals surface area contributed by atoms with Crippen molar-refractivity contribution in [3.05, 3.63) is 47.3 Å². The van der Waals surface area contributed by atoms with Crippen LogP contribution in [0.1, 0.15) is 35.5 Å². The van der Waals surface area contributed by atoms with Crippen LogP contribution in [0.25, 0.3) is 5.69 Å². The average molecular weight is 383 g/mol. The highest BCUT2D eigenvalue weighted by molar-refractivity contribution is 5.97. The van der Waals surface area contributed by atoms with Crippen molar-refractivity contribution in [1.29, 1.82) is 0 Å². The summed E-state index contributed by atoms with van der Waals surface area (Å²) in [7, 11) is 1.22.